The number of hydrogen-bond donors (Lipinski definition) is 0. The Balaban J connectivity index is 5.62. The van der Waals surface area contributed by atoms with E-state index in [1.807, 2.05) is 3.58 Å². The molecule has 0 aromatic heterocycles. The summed E-state index contributed by atoms with van der Waals surface area (Å²) in [5.74, 6) is 0. The fourth-order valence-electron chi connectivity index (χ4n) is 4.65. The van der Waals surface area contributed by atoms with Crippen LogP contribution in [0, 0.1) is 0 Å². The first-order valence-electron chi connectivity index (χ1n) is 13.0. The van der Waals surface area contributed by atoms with Crippen LogP contribution in [0.2, 0.25) is 13.3 Å². The molecule has 0 bridgehead atoms. The Morgan fingerprint density at radius 3 is 1.29 bits per heavy atom. The van der Waals surface area contributed by atoms with E-state index in [2.05, 4.69) is 60.8 Å². The topological polar surface area (TPSA) is 0 Å². The molecule has 0 unspecified atom stereocenters. The van der Waals surface area contributed by atoms with Crippen LogP contribution in [0.5, 0.6) is 0 Å². The summed E-state index contributed by atoms with van der Waals surface area (Å²) in [6.07, 6.45) is 22.9. The Kier molecular flexibility index (Phi) is 21.1. The van der Waals surface area contributed by atoms with Gasteiger partial charge in [-0.05, 0) is 0 Å². The van der Waals surface area contributed by atoms with Gasteiger partial charge in [0.05, 0.1) is 0 Å². The fourth-order valence-corrected chi connectivity index (χ4v) is 26.7. The van der Waals surface area contributed by atoms with Gasteiger partial charge in [-0.2, -0.15) is 0 Å². The van der Waals surface area contributed by atoms with Crippen molar-refractivity contribution in [2.45, 2.75) is 151 Å². The van der Waals surface area contributed by atoms with Gasteiger partial charge >= 0.3 is 199 Å². The van der Waals surface area contributed by atoms with Crippen molar-refractivity contribution in [3.63, 3.8) is 0 Å². The molecule has 0 heterocycles. The van der Waals surface area contributed by atoms with E-state index in [1.165, 1.54) is 103 Å². The summed E-state index contributed by atoms with van der Waals surface area (Å²) >= 11 is 0.591. The SMILES string of the molecule is CCCCCC/C(I)=[C](\CCCCCC)[Sn]([CH2]CCC)([CH2]CCC)[CH2]CCC. The van der Waals surface area contributed by atoms with E-state index in [-0.39, 0.29) is 0 Å². The van der Waals surface area contributed by atoms with E-state index >= 15 is 0 Å². The molecule has 0 aromatic rings. The summed E-state index contributed by atoms with van der Waals surface area (Å²) in [5, 5.41) is 0. The average Bonchev–Trinajstić information content (AvgIpc) is 2.71. The fraction of sp³-hybridized carbons (Fsp3) is 0.923. The molecule has 28 heavy (non-hydrogen) atoms. The van der Waals surface area contributed by atoms with Crippen molar-refractivity contribution in [2.75, 3.05) is 0 Å². The number of allylic oxidation sites excluding steroid dienone is 2. The molecular formula is C26H53ISn. The molecule has 0 amide bonds. The van der Waals surface area contributed by atoms with Crippen LogP contribution in [0.3, 0.4) is 0 Å². The van der Waals surface area contributed by atoms with Crippen molar-refractivity contribution in [1.29, 1.82) is 0 Å². The van der Waals surface area contributed by atoms with Crippen LogP contribution < -0.4 is 0 Å². The predicted molar refractivity (Wildman–Crippen MR) is 143 cm³/mol. The van der Waals surface area contributed by atoms with Gasteiger partial charge in [0, 0.05) is 0 Å². The van der Waals surface area contributed by atoms with Crippen molar-refractivity contribution in [3.05, 3.63) is 7.17 Å². The minimum atomic E-state index is -2.24. The molecule has 0 aliphatic carbocycles. The number of halogens is 1. The van der Waals surface area contributed by atoms with Crippen LogP contribution in [0.15, 0.2) is 7.17 Å². The van der Waals surface area contributed by atoms with E-state index in [4.69, 9.17) is 0 Å². The normalized spacial score (nSPS) is 13.1. The maximum atomic E-state index is 2.83. The van der Waals surface area contributed by atoms with Crippen LogP contribution in [0.1, 0.15) is 137 Å². The van der Waals surface area contributed by atoms with Crippen LogP contribution >= 0.6 is 22.6 Å². The zero-order chi connectivity index (χ0) is 21.1. The third kappa shape index (κ3) is 12.8. The van der Waals surface area contributed by atoms with Crippen molar-refractivity contribution < 1.29 is 0 Å². The summed E-state index contributed by atoms with van der Waals surface area (Å²) < 4.78 is 8.92. The molecule has 0 fully saturated rings. The van der Waals surface area contributed by atoms with Crippen LogP contribution in [-0.4, -0.2) is 18.4 Å². The molecule has 0 nitrogen and oxygen atoms in total. The van der Waals surface area contributed by atoms with E-state index in [1.54, 1.807) is 13.3 Å². The van der Waals surface area contributed by atoms with E-state index in [0.717, 1.165) is 0 Å². The molecule has 0 aliphatic rings. The quantitative estimate of drug-likeness (QED) is 0.0730. The van der Waals surface area contributed by atoms with Crippen molar-refractivity contribution >= 4 is 41.0 Å². The summed E-state index contributed by atoms with van der Waals surface area (Å²) in [6, 6.07) is 0. The van der Waals surface area contributed by atoms with E-state index in [9.17, 15) is 0 Å². The Hall–Kier alpha value is 1.27. The maximum absolute atomic E-state index is 2.83. The third-order valence-corrected chi connectivity index (χ3v) is 25.6. The van der Waals surface area contributed by atoms with Gasteiger partial charge in [-0.1, -0.05) is 0 Å². The third-order valence-electron chi connectivity index (χ3n) is 6.52. The summed E-state index contributed by atoms with van der Waals surface area (Å²) in [6.45, 7) is 11.9. The van der Waals surface area contributed by atoms with Crippen molar-refractivity contribution in [1.82, 2.24) is 0 Å². The van der Waals surface area contributed by atoms with Crippen LogP contribution in [0.4, 0.5) is 0 Å². The van der Waals surface area contributed by atoms with Gasteiger partial charge in [-0.15, -0.1) is 0 Å². The first kappa shape index (κ1) is 29.3. The van der Waals surface area contributed by atoms with Crippen molar-refractivity contribution in [2.24, 2.45) is 0 Å². The summed E-state index contributed by atoms with van der Waals surface area (Å²) in [4.78, 5) is 0. The Bertz CT molecular complexity index is 353. The second-order valence-electron chi connectivity index (χ2n) is 9.10. The molecule has 168 valence electrons. The standard InChI is InChI=1S/C14H26I.3C4H9.Sn/c1-3-5-7-9-11-13-14(15)12-10-8-6-4-2;3*1-3-4-2;/h3-12H2,1-2H3;3*1,3-4H2,2H3;. The first-order chi connectivity index (χ1) is 13.6. The number of hydrogen-bond acceptors (Lipinski definition) is 0. The molecule has 0 radical (unpaired) electrons. The molecule has 2 heteroatoms. The Morgan fingerprint density at radius 2 is 0.893 bits per heavy atom. The molecule has 0 atom stereocenters. The van der Waals surface area contributed by atoms with E-state index < -0.39 is 18.4 Å². The molecule has 0 spiro atoms. The number of unbranched alkanes of at least 4 members (excludes halogenated alkanes) is 9. The second-order valence-corrected chi connectivity index (χ2v) is 23.7. The van der Waals surface area contributed by atoms with Gasteiger partial charge in [0.1, 0.15) is 0 Å². The Labute approximate surface area is 197 Å². The van der Waals surface area contributed by atoms with Gasteiger partial charge in [-0.25, -0.2) is 0 Å². The summed E-state index contributed by atoms with van der Waals surface area (Å²) in [5.41, 5.74) is 0. The second kappa shape index (κ2) is 20.2. The summed E-state index contributed by atoms with van der Waals surface area (Å²) in [7, 11) is 0. The van der Waals surface area contributed by atoms with Gasteiger partial charge < -0.3 is 0 Å². The monoisotopic (exact) mass is 612 g/mol. The average molecular weight is 611 g/mol. The molecule has 0 saturated heterocycles. The zero-order valence-electron chi connectivity index (χ0n) is 20.3. The predicted octanol–water partition coefficient (Wildman–Crippen LogP) is 11.0. The molecule has 0 aromatic carbocycles. The minimum absolute atomic E-state index is 1.36. The molecule has 0 N–H and O–H groups in total. The van der Waals surface area contributed by atoms with Gasteiger partial charge in [-0.3, -0.25) is 0 Å². The number of rotatable bonds is 20. The van der Waals surface area contributed by atoms with E-state index in [0.29, 0.717) is 0 Å². The van der Waals surface area contributed by atoms with Crippen LogP contribution in [-0.2, 0) is 0 Å². The van der Waals surface area contributed by atoms with Gasteiger partial charge in [0.2, 0.25) is 0 Å². The molecule has 0 rings (SSSR count). The van der Waals surface area contributed by atoms with Crippen molar-refractivity contribution in [3.8, 4) is 0 Å². The van der Waals surface area contributed by atoms with Crippen LogP contribution in [0.25, 0.3) is 0 Å². The first-order valence-corrected chi connectivity index (χ1v) is 21.6. The van der Waals surface area contributed by atoms with Gasteiger partial charge in [0.15, 0.2) is 0 Å². The zero-order valence-corrected chi connectivity index (χ0v) is 25.3. The Morgan fingerprint density at radius 1 is 0.500 bits per heavy atom. The van der Waals surface area contributed by atoms with Gasteiger partial charge in [0.25, 0.3) is 0 Å². The molecule has 0 aliphatic heterocycles. The molecule has 0 saturated carbocycles. The molecular weight excluding hydrogens is 558 g/mol.